The van der Waals surface area contributed by atoms with Crippen molar-refractivity contribution in [3.8, 4) is 0 Å². The molecule has 1 fully saturated rings. The highest BCUT2D eigenvalue weighted by Crippen LogP contribution is 2.39. The molecule has 1 rings (SSSR count). The van der Waals surface area contributed by atoms with E-state index in [0.717, 1.165) is 6.42 Å². The zero-order chi connectivity index (χ0) is 10.8. The topological polar surface area (TPSA) is 57.5 Å². The summed E-state index contributed by atoms with van der Waals surface area (Å²) in [5.74, 6) is -0.535. The number of carboxylic acids is 1. The molecule has 2 unspecified atom stereocenters. The molecule has 2 N–H and O–H groups in total. The monoisotopic (exact) mass is 200 g/mol. The Hall–Kier alpha value is -0.570. The SMILES string of the molecule is CCCC(O)(C(=O)O)C(C)CC1CC1. The van der Waals surface area contributed by atoms with E-state index in [1.165, 1.54) is 12.8 Å². The minimum absolute atomic E-state index is 0.132. The van der Waals surface area contributed by atoms with Gasteiger partial charge in [0, 0.05) is 0 Å². The van der Waals surface area contributed by atoms with Gasteiger partial charge in [-0.15, -0.1) is 0 Å². The van der Waals surface area contributed by atoms with E-state index in [1.807, 2.05) is 13.8 Å². The summed E-state index contributed by atoms with van der Waals surface area (Å²) in [6.45, 7) is 3.75. The molecular weight excluding hydrogens is 180 g/mol. The molecule has 1 aliphatic rings. The van der Waals surface area contributed by atoms with E-state index in [4.69, 9.17) is 5.11 Å². The first-order valence-corrected chi connectivity index (χ1v) is 5.46. The smallest absolute Gasteiger partial charge is 0.335 e. The fourth-order valence-corrected chi connectivity index (χ4v) is 1.99. The minimum atomic E-state index is -1.50. The van der Waals surface area contributed by atoms with Crippen molar-refractivity contribution in [3.63, 3.8) is 0 Å². The average Bonchev–Trinajstić information content (AvgIpc) is 2.88. The van der Waals surface area contributed by atoms with E-state index in [0.29, 0.717) is 18.8 Å². The first-order valence-electron chi connectivity index (χ1n) is 5.46. The van der Waals surface area contributed by atoms with Crippen LogP contribution in [0.25, 0.3) is 0 Å². The molecule has 0 bridgehead atoms. The van der Waals surface area contributed by atoms with Gasteiger partial charge in [0.1, 0.15) is 0 Å². The van der Waals surface area contributed by atoms with E-state index in [-0.39, 0.29) is 5.92 Å². The van der Waals surface area contributed by atoms with E-state index < -0.39 is 11.6 Å². The molecule has 3 heteroatoms. The highest BCUT2D eigenvalue weighted by atomic mass is 16.4. The van der Waals surface area contributed by atoms with Crippen molar-refractivity contribution in [2.75, 3.05) is 0 Å². The minimum Gasteiger partial charge on any atom is -0.479 e. The summed E-state index contributed by atoms with van der Waals surface area (Å²) in [4.78, 5) is 11.0. The molecule has 0 radical (unpaired) electrons. The van der Waals surface area contributed by atoms with Crippen molar-refractivity contribution >= 4 is 5.97 Å². The van der Waals surface area contributed by atoms with Gasteiger partial charge in [0.15, 0.2) is 5.60 Å². The summed E-state index contributed by atoms with van der Waals surface area (Å²) >= 11 is 0. The largest absolute Gasteiger partial charge is 0.479 e. The van der Waals surface area contributed by atoms with Gasteiger partial charge in [-0.1, -0.05) is 33.1 Å². The Morgan fingerprint density at radius 3 is 2.50 bits per heavy atom. The summed E-state index contributed by atoms with van der Waals surface area (Å²) < 4.78 is 0. The zero-order valence-electron chi connectivity index (χ0n) is 8.99. The van der Waals surface area contributed by atoms with Crippen LogP contribution in [0, 0.1) is 11.8 Å². The van der Waals surface area contributed by atoms with Crippen LogP contribution in [0.5, 0.6) is 0 Å². The second-order valence-corrected chi connectivity index (χ2v) is 4.56. The number of hydrogen-bond donors (Lipinski definition) is 2. The van der Waals surface area contributed by atoms with E-state index in [9.17, 15) is 9.90 Å². The number of aliphatic carboxylic acids is 1. The van der Waals surface area contributed by atoms with Gasteiger partial charge >= 0.3 is 5.97 Å². The Morgan fingerprint density at radius 2 is 2.14 bits per heavy atom. The van der Waals surface area contributed by atoms with Crippen LogP contribution in [0.1, 0.15) is 46.0 Å². The number of rotatable bonds is 6. The van der Waals surface area contributed by atoms with Crippen LogP contribution in [0.2, 0.25) is 0 Å². The van der Waals surface area contributed by atoms with Crippen LogP contribution in [0.4, 0.5) is 0 Å². The van der Waals surface area contributed by atoms with Gasteiger partial charge in [-0.3, -0.25) is 0 Å². The molecule has 82 valence electrons. The lowest BCUT2D eigenvalue weighted by Gasteiger charge is -2.29. The van der Waals surface area contributed by atoms with Gasteiger partial charge in [0.05, 0.1) is 0 Å². The third kappa shape index (κ3) is 2.47. The van der Waals surface area contributed by atoms with Gasteiger partial charge in [0.25, 0.3) is 0 Å². The molecule has 0 aliphatic heterocycles. The highest BCUT2D eigenvalue weighted by molar-refractivity contribution is 5.77. The second kappa shape index (κ2) is 4.30. The molecule has 0 heterocycles. The van der Waals surface area contributed by atoms with Gasteiger partial charge < -0.3 is 10.2 Å². The zero-order valence-corrected chi connectivity index (χ0v) is 8.99. The fourth-order valence-electron chi connectivity index (χ4n) is 1.99. The number of hydrogen-bond acceptors (Lipinski definition) is 2. The van der Waals surface area contributed by atoms with Crippen LogP contribution < -0.4 is 0 Å². The summed E-state index contributed by atoms with van der Waals surface area (Å²) in [5, 5.41) is 19.1. The lowest BCUT2D eigenvalue weighted by Crippen LogP contribution is -2.44. The van der Waals surface area contributed by atoms with E-state index >= 15 is 0 Å². The molecule has 0 spiro atoms. The van der Waals surface area contributed by atoms with Crippen LogP contribution in [0.3, 0.4) is 0 Å². The van der Waals surface area contributed by atoms with Crippen LogP contribution in [0.15, 0.2) is 0 Å². The summed E-state index contributed by atoms with van der Waals surface area (Å²) in [6, 6.07) is 0. The predicted molar refractivity (Wildman–Crippen MR) is 54.0 cm³/mol. The molecule has 2 atom stereocenters. The van der Waals surface area contributed by atoms with Crippen LogP contribution in [-0.4, -0.2) is 21.8 Å². The second-order valence-electron chi connectivity index (χ2n) is 4.56. The average molecular weight is 200 g/mol. The number of carboxylic acid groups (broad SMARTS) is 1. The van der Waals surface area contributed by atoms with Gasteiger partial charge in [-0.25, -0.2) is 4.79 Å². The van der Waals surface area contributed by atoms with Crippen molar-refractivity contribution in [1.82, 2.24) is 0 Å². The Bertz CT molecular complexity index is 211. The van der Waals surface area contributed by atoms with Crippen LogP contribution >= 0.6 is 0 Å². The van der Waals surface area contributed by atoms with Crippen LogP contribution in [-0.2, 0) is 4.79 Å². The summed E-state index contributed by atoms with van der Waals surface area (Å²) in [6.07, 6.45) is 4.31. The van der Waals surface area contributed by atoms with Gasteiger partial charge in [-0.2, -0.15) is 0 Å². The summed E-state index contributed by atoms with van der Waals surface area (Å²) in [7, 11) is 0. The van der Waals surface area contributed by atoms with Crippen molar-refractivity contribution in [2.45, 2.75) is 51.6 Å². The quantitative estimate of drug-likeness (QED) is 0.689. The maximum Gasteiger partial charge on any atom is 0.335 e. The highest BCUT2D eigenvalue weighted by Gasteiger charge is 2.42. The Kier molecular flexibility index (Phi) is 3.53. The first-order chi connectivity index (χ1) is 6.50. The molecule has 1 aliphatic carbocycles. The molecule has 14 heavy (non-hydrogen) atoms. The Balaban J connectivity index is 2.58. The number of aliphatic hydroxyl groups is 1. The van der Waals surface area contributed by atoms with Crippen molar-refractivity contribution in [3.05, 3.63) is 0 Å². The van der Waals surface area contributed by atoms with Gasteiger partial charge in [-0.05, 0) is 24.7 Å². The fraction of sp³-hybridized carbons (Fsp3) is 0.909. The molecule has 3 nitrogen and oxygen atoms in total. The number of carbonyl (C=O) groups is 1. The molecular formula is C11H20O3. The Morgan fingerprint density at radius 1 is 1.57 bits per heavy atom. The molecule has 0 aromatic rings. The van der Waals surface area contributed by atoms with Crippen molar-refractivity contribution in [1.29, 1.82) is 0 Å². The standard InChI is InChI=1S/C11H20O3/c1-3-6-11(14,10(12)13)8(2)7-9-4-5-9/h8-9,14H,3-7H2,1-2H3,(H,12,13). The molecule has 0 aromatic carbocycles. The first kappa shape index (κ1) is 11.5. The molecule has 1 saturated carbocycles. The predicted octanol–water partition coefficient (Wildman–Crippen LogP) is 2.04. The lowest BCUT2D eigenvalue weighted by atomic mass is 9.82. The Labute approximate surface area is 85.1 Å². The maximum absolute atomic E-state index is 11.0. The van der Waals surface area contributed by atoms with Crippen molar-refractivity contribution < 1.29 is 15.0 Å². The summed E-state index contributed by atoms with van der Waals surface area (Å²) in [5.41, 5.74) is -1.50. The normalized spacial score (nSPS) is 22.8. The lowest BCUT2D eigenvalue weighted by molar-refractivity contribution is -0.165. The van der Waals surface area contributed by atoms with E-state index in [1.54, 1.807) is 0 Å². The molecule has 0 saturated heterocycles. The third-order valence-electron chi connectivity index (χ3n) is 3.20. The third-order valence-corrected chi connectivity index (χ3v) is 3.20. The molecule has 0 aromatic heterocycles. The maximum atomic E-state index is 11.0. The molecule has 0 amide bonds. The van der Waals surface area contributed by atoms with Gasteiger partial charge in [0.2, 0.25) is 0 Å². The van der Waals surface area contributed by atoms with Crippen molar-refractivity contribution in [2.24, 2.45) is 11.8 Å². The van der Waals surface area contributed by atoms with E-state index in [2.05, 4.69) is 0 Å².